The Kier molecular flexibility index (Phi) is 11.9. The standard InChI is InChI=1S/C27H41N3O7S2/c1-20(2)18-30(39(35,36)24-14-12-23(37-6)13-15-24)25(16-22-10-8-7-9-11-22)26(31)17-28-27(32)21(3)19-38(33,34)29(4)5/h7-15,20-21,25-26,31H,16-19H2,1-6H3,(H,28,32)/t21?,25-,26-/m1/s1. The summed E-state index contributed by atoms with van der Waals surface area (Å²) in [5, 5.41) is 13.9. The molecule has 2 aromatic rings. The van der Waals surface area contributed by atoms with Crippen molar-refractivity contribution in [1.29, 1.82) is 0 Å². The third kappa shape index (κ3) is 9.28. The number of nitrogens with one attached hydrogen (secondary N) is 1. The van der Waals surface area contributed by atoms with Crippen LogP contribution in [-0.2, 0) is 31.3 Å². The Balaban J connectivity index is 2.38. The second-order valence-electron chi connectivity index (χ2n) is 10.2. The highest BCUT2D eigenvalue weighted by atomic mass is 32.2. The first-order chi connectivity index (χ1) is 18.2. The van der Waals surface area contributed by atoms with Gasteiger partial charge in [0.1, 0.15) is 5.75 Å². The number of carbonyl (C=O) groups excluding carboxylic acids is 1. The summed E-state index contributed by atoms with van der Waals surface area (Å²) >= 11 is 0. The molecule has 1 amide bonds. The number of rotatable bonds is 15. The number of nitrogens with zero attached hydrogens (tertiary/aromatic N) is 2. The number of amides is 1. The van der Waals surface area contributed by atoms with Gasteiger partial charge < -0.3 is 15.2 Å². The summed E-state index contributed by atoms with van der Waals surface area (Å²) in [6.07, 6.45) is -1.08. The molecular formula is C27H41N3O7S2. The van der Waals surface area contributed by atoms with Gasteiger partial charge in [-0.3, -0.25) is 4.79 Å². The van der Waals surface area contributed by atoms with Crippen molar-refractivity contribution >= 4 is 26.0 Å². The van der Waals surface area contributed by atoms with Crippen molar-refractivity contribution in [3.05, 3.63) is 60.2 Å². The highest BCUT2D eigenvalue weighted by Crippen LogP contribution is 2.25. The molecule has 3 atom stereocenters. The Labute approximate surface area is 233 Å². The van der Waals surface area contributed by atoms with Crippen molar-refractivity contribution in [3.8, 4) is 5.75 Å². The predicted octanol–water partition coefficient (Wildman–Crippen LogP) is 1.96. The number of aliphatic hydroxyl groups excluding tert-OH is 1. The molecule has 0 saturated carbocycles. The molecule has 2 rings (SSSR count). The third-order valence-electron chi connectivity index (χ3n) is 6.26. The average Bonchev–Trinajstić information content (AvgIpc) is 2.89. The Morgan fingerprint density at radius 3 is 2.08 bits per heavy atom. The quantitative estimate of drug-likeness (QED) is 0.327. The van der Waals surface area contributed by atoms with Gasteiger partial charge in [-0.2, -0.15) is 4.31 Å². The minimum atomic E-state index is -4.05. The van der Waals surface area contributed by atoms with Crippen LogP contribution in [0, 0.1) is 11.8 Å². The normalized spacial score (nSPS) is 14.8. The Morgan fingerprint density at radius 1 is 0.974 bits per heavy atom. The molecule has 0 radical (unpaired) electrons. The van der Waals surface area contributed by atoms with Crippen LogP contribution in [0.3, 0.4) is 0 Å². The van der Waals surface area contributed by atoms with Gasteiger partial charge in [0.2, 0.25) is 26.0 Å². The van der Waals surface area contributed by atoms with Crippen LogP contribution in [0.15, 0.2) is 59.5 Å². The third-order valence-corrected chi connectivity index (χ3v) is 10.2. The van der Waals surface area contributed by atoms with E-state index in [1.165, 1.54) is 44.6 Å². The molecular weight excluding hydrogens is 542 g/mol. The zero-order valence-corrected chi connectivity index (χ0v) is 25.1. The van der Waals surface area contributed by atoms with E-state index >= 15 is 0 Å². The molecule has 0 bridgehead atoms. The molecule has 2 aromatic carbocycles. The summed E-state index contributed by atoms with van der Waals surface area (Å²) in [5.74, 6) is -1.35. The summed E-state index contributed by atoms with van der Waals surface area (Å²) in [6, 6.07) is 14.3. The van der Waals surface area contributed by atoms with Crippen molar-refractivity contribution in [2.24, 2.45) is 11.8 Å². The van der Waals surface area contributed by atoms with Crippen molar-refractivity contribution < 1.29 is 31.5 Å². The lowest BCUT2D eigenvalue weighted by Gasteiger charge is -2.35. The molecule has 0 saturated heterocycles. The molecule has 39 heavy (non-hydrogen) atoms. The van der Waals surface area contributed by atoms with Crippen LogP contribution in [0.5, 0.6) is 5.75 Å². The lowest BCUT2D eigenvalue weighted by atomic mass is 10.00. The second kappa shape index (κ2) is 14.2. The van der Waals surface area contributed by atoms with Crippen molar-refractivity contribution in [1.82, 2.24) is 13.9 Å². The van der Waals surface area contributed by atoms with Gasteiger partial charge in [0.15, 0.2) is 0 Å². The van der Waals surface area contributed by atoms with E-state index in [4.69, 9.17) is 4.74 Å². The van der Waals surface area contributed by atoms with E-state index < -0.39 is 44.0 Å². The number of methoxy groups -OCH3 is 1. The topological polar surface area (TPSA) is 133 Å². The van der Waals surface area contributed by atoms with Gasteiger partial charge >= 0.3 is 0 Å². The van der Waals surface area contributed by atoms with Crippen LogP contribution in [0.1, 0.15) is 26.3 Å². The van der Waals surface area contributed by atoms with Crippen LogP contribution in [0.25, 0.3) is 0 Å². The number of ether oxygens (including phenoxy) is 1. The Hall–Kier alpha value is -2.51. The summed E-state index contributed by atoms with van der Waals surface area (Å²) in [6.45, 7) is 5.14. The van der Waals surface area contributed by atoms with Crippen LogP contribution in [0.4, 0.5) is 0 Å². The SMILES string of the molecule is COc1ccc(S(=O)(=O)N(CC(C)C)[C@H](Cc2ccccc2)[C@H](O)CNC(=O)C(C)CS(=O)(=O)N(C)C)cc1. The number of benzene rings is 2. The zero-order chi connectivity index (χ0) is 29.4. The van der Waals surface area contributed by atoms with Gasteiger partial charge in [-0.25, -0.2) is 21.1 Å². The van der Waals surface area contributed by atoms with Crippen LogP contribution < -0.4 is 10.1 Å². The second-order valence-corrected chi connectivity index (χ2v) is 14.3. The summed E-state index contributed by atoms with van der Waals surface area (Å²) in [4.78, 5) is 12.8. The number of hydrogen-bond donors (Lipinski definition) is 2. The molecule has 2 N–H and O–H groups in total. The molecule has 0 heterocycles. The van der Waals surface area contributed by atoms with Crippen molar-refractivity contribution in [3.63, 3.8) is 0 Å². The van der Waals surface area contributed by atoms with E-state index in [1.54, 1.807) is 12.1 Å². The molecule has 1 unspecified atom stereocenters. The fourth-order valence-electron chi connectivity index (χ4n) is 4.00. The summed E-state index contributed by atoms with van der Waals surface area (Å²) < 4.78 is 59.7. The number of carbonyl (C=O) groups is 1. The minimum absolute atomic E-state index is 0.0563. The highest BCUT2D eigenvalue weighted by molar-refractivity contribution is 7.89. The van der Waals surface area contributed by atoms with Gasteiger partial charge in [0.05, 0.1) is 35.8 Å². The fourth-order valence-corrected chi connectivity index (χ4v) is 6.89. The molecule has 0 spiro atoms. The fraction of sp³-hybridized carbons (Fsp3) is 0.519. The molecule has 0 aliphatic heterocycles. The van der Waals surface area contributed by atoms with Gasteiger partial charge in [0, 0.05) is 27.2 Å². The number of aliphatic hydroxyl groups is 1. The lowest BCUT2D eigenvalue weighted by molar-refractivity contribution is -0.124. The molecule has 10 nitrogen and oxygen atoms in total. The molecule has 12 heteroatoms. The van der Waals surface area contributed by atoms with Crippen LogP contribution in [0.2, 0.25) is 0 Å². The maximum Gasteiger partial charge on any atom is 0.243 e. The van der Waals surface area contributed by atoms with E-state index in [1.807, 2.05) is 44.2 Å². The molecule has 0 aromatic heterocycles. The summed E-state index contributed by atoms with van der Waals surface area (Å²) in [5.41, 5.74) is 0.817. The largest absolute Gasteiger partial charge is 0.497 e. The van der Waals surface area contributed by atoms with Gasteiger partial charge in [0.25, 0.3) is 0 Å². The summed E-state index contributed by atoms with van der Waals surface area (Å²) in [7, 11) is -3.38. The molecule has 0 aliphatic rings. The first-order valence-electron chi connectivity index (χ1n) is 12.7. The van der Waals surface area contributed by atoms with E-state index in [-0.39, 0.29) is 36.1 Å². The first kappa shape index (κ1) is 32.7. The van der Waals surface area contributed by atoms with E-state index in [2.05, 4.69) is 5.32 Å². The predicted molar refractivity (Wildman–Crippen MR) is 151 cm³/mol. The van der Waals surface area contributed by atoms with E-state index in [9.17, 15) is 26.7 Å². The van der Waals surface area contributed by atoms with Gasteiger partial charge in [-0.1, -0.05) is 51.1 Å². The maximum atomic E-state index is 13.9. The van der Waals surface area contributed by atoms with Gasteiger partial charge in [-0.05, 0) is 42.2 Å². The lowest BCUT2D eigenvalue weighted by Crippen LogP contribution is -2.53. The van der Waals surface area contributed by atoms with E-state index in [0.717, 1.165) is 9.87 Å². The maximum absolute atomic E-state index is 13.9. The molecule has 0 aliphatic carbocycles. The monoisotopic (exact) mass is 583 g/mol. The van der Waals surface area contributed by atoms with E-state index in [0.29, 0.717) is 5.75 Å². The number of sulfonamides is 2. The van der Waals surface area contributed by atoms with Crippen LogP contribution >= 0.6 is 0 Å². The Morgan fingerprint density at radius 2 is 1.56 bits per heavy atom. The van der Waals surface area contributed by atoms with Crippen molar-refractivity contribution in [2.45, 2.75) is 44.2 Å². The number of hydrogen-bond acceptors (Lipinski definition) is 7. The smallest absolute Gasteiger partial charge is 0.243 e. The molecule has 218 valence electrons. The Bertz CT molecular complexity index is 1270. The molecule has 0 fully saturated rings. The van der Waals surface area contributed by atoms with Crippen LogP contribution in [-0.4, -0.2) is 88.7 Å². The zero-order valence-electron chi connectivity index (χ0n) is 23.4. The minimum Gasteiger partial charge on any atom is -0.497 e. The average molecular weight is 584 g/mol. The first-order valence-corrected chi connectivity index (χ1v) is 15.8. The highest BCUT2D eigenvalue weighted by Gasteiger charge is 2.37. The van der Waals surface area contributed by atoms with Crippen molar-refractivity contribution in [2.75, 3.05) is 40.0 Å². The van der Waals surface area contributed by atoms with Gasteiger partial charge in [-0.15, -0.1) is 0 Å².